The number of aromatic nitrogens is 2. The molecule has 0 N–H and O–H groups in total. The smallest absolute Gasteiger partial charge is 0.227 e. The molecule has 0 radical (unpaired) electrons. The van der Waals surface area contributed by atoms with Crippen LogP contribution in [0.25, 0.3) is 0 Å². The van der Waals surface area contributed by atoms with Crippen LogP contribution < -0.4 is 4.90 Å². The lowest BCUT2D eigenvalue weighted by Gasteiger charge is -2.39. The molecule has 5 nitrogen and oxygen atoms in total. The third kappa shape index (κ3) is 3.17. The lowest BCUT2D eigenvalue weighted by atomic mass is 9.94. The standard InChI is InChI=1S/C16H24N4O/c1-13-6-2-3-11-20(13)15(21)14-7-4-10-19(12-14)16-17-8-5-9-18-16/h5,8-9,13-14H,2-4,6-7,10-12H2,1H3. The molecule has 3 rings (SSSR count). The maximum atomic E-state index is 12.8. The van der Waals surface area contributed by atoms with Crippen molar-refractivity contribution in [3.8, 4) is 0 Å². The zero-order valence-electron chi connectivity index (χ0n) is 12.7. The van der Waals surface area contributed by atoms with Crippen molar-refractivity contribution in [3.63, 3.8) is 0 Å². The molecule has 2 fully saturated rings. The summed E-state index contributed by atoms with van der Waals surface area (Å²) in [4.78, 5) is 25.7. The normalized spacial score (nSPS) is 26.7. The first-order valence-corrected chi connectivity index (χ1v) is 8.08. The predicted octanol–water partition coefficient (Wildman–Crippen LogP) is 2.09. The van der Waals surface area contributed by atoms with E-state index in [1.165, 1.54) is 6.42 Å². The molecule has 1 aromatic rings. The van der Waals surface area contributed by atoms with Gasteiger partial charge in [0.15, 0.2) is 0 Å². The van der Waals surface area contributed by atoms with Crippen LogP contribution in [0.5, 0.6) is 0 Å². The Balaban J connectivity index is 1.67. The van der Waals surface area contributed by atoms with Gasteiger partial charge in [-0.05, 0) is 45.1 Å². The van der Waals surface area contributed by atoms with Gasteiger partial charge in [-0.3, -0.25) is 4.79 Å². The molecule has 21 heavy (non-hydrogen) atoms. The predicted molar refractivity (Wildman–Crippen MR) is 82.0 cm³/mol. The number of anilines is 1. The highest BCUT2D eigenvalue weighted by Crippen LogP contribution is 2.25. The first kappa shape index (κ1) is 14.3. The Hall–Kier alpha value is -1.65. The highest BCUT2D eigenvalue weighted by molar-refractivity contribution is 5.80. The van der Waals surface area contributed by atoms with Crippen LogP contribution in [0.1, 0.15) is 39.0 Å². The monoisotopic (exact) mass is 288 g/mol. The molecule has 0 aromatic carbocycles. The van der Waals surface area contributed by atoms with Gasteiger partial charge in [0.2, 0.25) is 11.9 Å². The summed E-state index contributed by atoms with van der Waals surface area (Å²) in [6.07, 6.45) is 9.10. The molecule has 2 saturated heterocycles. The number of carbonyl (C=O) groups excluding carboxylic acids is 1. The summed E-state index contributed by atoms with van der Waals surface area (Å²) in [7, 11) is 0. The molecule has 0 aliphatic carbocycles. The maximum absolute atomic E-state index is 12.8. The number of hydrogen-bond acceptors (Lipinski definition) is 4. The number of rotatable bonds is 2. The summed E-state index contributed by atoms with van der Waals surface area (Å²) >= 11 is 0. The first-order chi connectivity index (χ1) is 10.3. The van der Waals surface area contributed by atoms with E-state index in [1.807, 2.05) is 6.07 Å². The van der Waals surface area contributed by atoms with E-state index < -0.39 is 0 Å². The topological polar surface area (TPSA) is 49.3 Å². The molecule has 114 valence electrons. The third-order valence-electron chi connectivity index (χ3n) is 4.69. The number of carbonyl (C=O) groups is 1. The Morgan fingerprint density at radius 1 is 1.14 bits per heavy atom. The van der Waals surface area contributed by atoms with E-state index in [1.54, 1.807) is 12.4 Å². The van der Waals surface area contributed by atoms with E-state index in [-0.39, 0.29) is 5.92 Å². The van der Waals surface area contributed by atoms with Crippen LogP contribution in [0.15, 0.2) is 18.5 Å². The quantitative estimate of drug-likeness (QED) is 0.836. The molecule has 0 bridgehead atoms. The number of likely N-dealkylation sites (tertiary alicyclic amines) is 1. The maximum Gasteiger partial charge on any atom is 0.227 e. The average molecular weight is 288 g/mol. The Bertz CT molecular complexity index is 478. The molecule has 1 aromatic heterocycles. The number of nitrogens with zero attached hydrogens (tertiary/aromatic N) is 4. The molecule has 0 spiro atoms. The zero-order valence-corrected chi connectivity index (χ0v) is 12.7. The van der Waals surface area contributed by atoms with Crippen molar-refractivity contribution >= 4 is 11.9 Å². The van der Waals surface area contributed by atoms with E-state index >= 15 is 0 Å². The minimum atomic E-state index is 0.100. The van der Waals surface area contributed by atoms with Crippen LogP contribution in [-0.2, 0) is 4.79 Å². The number of hydrogen-bond donors (Lipinski definition) is 0. The second-order valence-corrected chi connectivity index (χ2v) is 6.21. The highest BCUT2D eigenvalue weighted by Gasteiger charge is 2.32. The van der Waals surface area contributed by atoms with Gasteiger partial charge < -0.3 is 9.80 Å². The molecule has 1 amide bonds. The molecule has 3 heterocycles. The van der Waals surface area contributed by atoms with Crippen LogP contribution >= 0.6 is 0 Å². The Labute approximate surface area is 126 Å². The van der Waals surface area contributed by atoms with Gasteiger partial charge in [-0.2, -0.15) is 0 Å². The molecule has 2 aliphatic heterocycles. The van der Waals surface area contributed by atoms with E-state index in [9.17, 15) is 4.79 Å². The van der Waals surface area contributed by atoms with Crippen LogP contribution in [0.2, 0.25) is 0 Å². The van der Waals surface area contributed by atoms with Gasteiger partial charge in [0.05, 0.1) is 5.92 Å². The molecule has 2 aliphatic rings. The van der Waals surface area contributed by atoms with Crippen LogP contribution in [0, 0.1) is 5.92 Å². The summed E-state index contributed by atoms with van der Waals surface area (Å²) in [5, 5.41) is 0. The van der Waals surface area contributed by atoms with E-state index in [0.29, 0.717) is 11.9 Å². The second-order valence-electron chi connectivity index (χ2n) is 6.21. The van der Waals surface area contributed by atoms with Crippen LogP contribution in [0.3, 0.4) is 0 Å². The largest absolute Gasteiger partial charge is 0.340 e. The third-order valence-corrected chi connectivity index (χ3v) is 4.69. The van der Waals surface area contributed by atoms with Crippen molar-refractivity contribution in [2.45, 2.75) is 45.1 Å². The summed E-state index contributed by atoms with van der Waals surface area (Å²) in [6.45, 7) is 4.81. The lowest BCUT2D eigenvalue weighted by Crippen LogP contribution is -2.49. The molecular formula is C16H24N4O. The Kier molecular flexibility index (Phi) is 4.36. The summed E-state index contributed by atoms with van der Waals surface area (Å²) < 4.78 is 0. The Morgan fingerprint density at radius 3 is 2.71 bits per heavy atom. The molecule has 2 unspecified atom stereocenters. The second kappa shape index (κ2) is 6.41. The molecule has 2 atom stereocenters. The minimum Gasteiger partial charge on any atom is -0.340 e. The number of piperidine rings is 2. The van der Waals surface area contributed by atoms with Gasteiger partial charge in [-0.1, -0.05) is 0 Å². The van der Waals surface area contributed by atoms with E-state index in [0.717, 1.165) is 51.3 Å². The lowest BCUT2D eigenvalue weighted by molar-refractivity contribution is -0.139. The fraction of sp³-hybridized carbons (Fsp3) is 0.688. The summed E-state index contributed by atoms with van der Waals surface area (Å²) in [5.41, 5.74) is 0. The van der Waals surface area contributed by atoms with Crippen molar-refractivity contribution < 1.29 is 4.79 Å². The van der Waals surface area contributed by atoms with Crippen LogP contribution in [-0.4, -0.2) is 46.5 Å². The minimum absolute atomic E-state index is 0.100. The molecular weight excluding hydrogens is 264 g/mol. The van der Waals surface area contributed by atoms with Crippen molar-refractivity contribution in [1.29, 1.82) is 0 Å². The van der Waals surface area contributed by atoms with Crippen molar-refractivity contribution in [1.82, 2.24) is 14.9 Å². The number of amides is 1. The fourth-order valence-electron chi connectivity index (χ4n) is 3.47. The zero-order chi connectivity index (χ0) is 14.7. The fourth-order valence-corrected chi connectivity index (χ4v) is 3.47. The summed E-state index contributed by atoms with van der Waals surface area (Å²) in [5.74, 6) is 1.19. The average Bonchev–Trinajstić information content (AvgIpc) is 2.56. The van der Waals surface area contributed by atoms with E-state index in [4.69, 9.17) is 0 Å². The van der Waals surface area contributed by atoms with Crippen molar-refractivity contribution in [3.05, 3.63) is 18.5 Å². The molecule has 0 saturated carbocycles. The van der Waals surface area contributed by atoms with Crippen LogP contribution in [0.4, 0.5) is 5.95 Å². The van der Waals surface area contributed by atoms with Gasteiger partial charge >= 0.3 is 0 Å². The molecule has 5 heteroatoms. The van der Waals surface area contributed by atoms with Gasteiger partial charge in [0, 0.05) is 38.1 Å². The van der Waals surface area contributed by atoms with Gasteiger partial charge in [-0.25, -0.2) is 9.97 Å². The van der Waals surface area contributed by atoms with Gasteiger partial charge in [0.1, 0.15) is 0 Å². The Morgan fingerprint density at radius 2 is 1.95 bits per heavy atom. The first-order valence-electron chi connectivity index (χ1n) is 8.08. The van der Waals surface area contributed by atoms with Crippen molar-refractivity contribution in [2.75, 3.05) is 24.5 Å². The SMILES string of the molecule is CC1CCCCN1C(=O)C1CCCN(c2ncccn2)C1. The summed E-state index contributed by atoms with van der Waals surface area (Å²) in [6, 6.07) is 2.22. The van der Waals surface area contributed by atoms with Gasteiger partial charge in [0.25, 0.3) is 0 Å². The van der Waals surface area contributed by atoms with Crippen molar-refractivity contribution in [2.24, 2.45) is 5.92 Å². The van der Waals surface area contributed by atoms with Gasteiger partial charge in [-0.15, -0.1) is 0 Å². The van der Waals surface area contributed by atoms with E-state index in [2.05, 4.69) is 26.7 Å². The highest BCUT2D eigenvalue weighted by atomic mass is 16.2.